The van der Waals surface area contributed by atoms with Crippen molar-refractivity contribution in [2.75, 3.05) is 18.0 Å². The lowest BCUT2D eigenvalue weighted by Crippen LogP contribution is -2.39. The van der Waals surface area contributed by atoms with Gasteiger partial charge in [0.15, 0.2) is 0 Å². The number of hydrogen-bond donors (Lipinski definition) is 1. The molecule has 0 radical (unpaired) electrons. The molecule has 0 aromatic carbocycles. The van der Waals surface area contributed by atoms with Crippen LogP contribution in [-0.2, 0) is 4.79 Å². The molecule has 1 saturated heterocycles. The summed E-state index contributed by atoms with van der Waals surface area (Å²) < 4.78 is 0. The van der Waals surface area contributed by atoms with Crippen LogP contribution in [0.5, 0.6) is 0 Å². The number of hydrogen-bond acceptors (Lipinski definition) is 4. The average Bonchev–Trinajstić information content (AvgIpc) is 2.39. The number of carboxylic acids is 1. The second-order valence-corrected chi connectivity index (χ2v) is 4.61. The lowest BCUT2D eigenvalue weighted by Gasteiger charge is -2.32. The van der Waals surface area contributed by atoms with Crippen molar-refractivity contribution in [2.24, 2.45) is 5.92 Å². The minimum atomic E-state index is -0.799. The number of halogens is 1. The Morgan fingerprint density at radius 3 is 3.11 bits per heavy atom. The fourth-order valence-electron chi connectivity index (χ4n) is 2.11. The molecule has 1 aromatic rings. The lowest BCUT2D eigenvalue weighted by molar-refractivity contribution is -0.141. The summed E-state index contributed by atoms with van der Waals surface area (Å²) in [5.74, 6) is -0.698. The summed E-state index contributed by atoms with van der Waals surface area (Å²) in [5.41, 5.74) is 0.360. The number of carbonyl (C=O) groups is 1. The predicted molar refractivity (Wildman–Crippen MR) is 66.5 cm³/mol. The van der Waals surface area contributed by atoms with Gasteiger partial charge >= 0.3 is 5.97 Å². The van der Waals surface area contributed by atoms with Crippen molar-refractivity contribution < 1.29 is 9.90 Å². The van der Waals surface area contributed by atoms with E-state index in [9.17, 15) is 4.79 Å². The molecule has 0 saturated carbocycles. The summed E-state index contributed by atoms with van der Waals surface area (Å²) in [6.45, 7) is 1.10. The van der Waals surface area contributed by atoms with Crippen LogP contribution in [0.1, 0.15) is 18.4 Å². The number of nitrogens with zero attached hydrogens (tertiary/aromatic N) is 3. The van der Waals surface area contributed by atoms with E-state index in [1.54, 1.807) is 6.07 Å². The fourth-order valence-corrected chi connectivity index (χ4v) is 2.38. The zero-order chi connectivity index (χ0) is 13.1. The second kappa shape index (κ2) is 5.23. The van der Waals surface area contributed by atoms with Crippen LogP contribution in [0.4, 0.5) is 5.82 Å². The molecule has 1 atom stereocenters. The van der Waals surface area contributed by atoms with E-state index in [-0.39, 0.29) is 0 Å². The van der Waals surface area contributed by atoms with Gasteiger partial charge in [0.05, 0.1) is 11.5 Å². The standard InChI is InChI=1S/C12H12ClN3O2/c13-10-8(6-14)3-4-15-11(10)16-5-1-2-9(7-16)12(17)18/h3-4,9H,1-2,5,7H2,(H,17,18). The molecule has 0 spiro atoms. The number of piperidine rings is 1. The number of carboxylic acid groups (broad SMARTS) is 1. The highest BCUT2D eigenvalue weighted by Crippen LogP contribution is 2.29. The second-order valence-electron chi connectivity index (χ2n) is 4.23. The summed E-state index contributed by atoms with van der Waals surface area (Å²) in [5, 5.41) is 18.2. The largest absolute Gasteiger partial charge is 0.481 e. The first kappa shape index (κ1) is 12.7. The zero-order valence-electron chi connectivity index (χ0n) is 9.64. The summed E-state index contributed by atoms with van der Waals surface area (Å²) in [4.78, 5) is 17.0. The van der Waals surface area contributed by atoms with E-state index in [0.29, 0.717) is 35.9 Å². The van der Waals surface area contributed by atoms with Crippen LogP contribution in [-0.4, -0.2) is 29.1 Å². The van der Waals surface area contributed by atoms with Gasteiger partial charge in [0.25, 0.3) is 0 Å². The molecule has 1 aliphatic heterocycles. The van der Waals surface area contributed by atoms with Crippen molar-refractivity contribution >= 4 is 23.4 Å². The molecule has 1 unspecified atom stereocenters. The molecular weight excluding hydrogens is 254 g/mol. The molecule has 94 valence electrons. The first-order valence-electron chi connectivity index (χ1n) is 5.66. The highest BCUT2D eigenvalue weighted by Gasteiger charge is 2.27. The van der Waals surface area contributed by atoms with Gasteiger partial charge in [0.2, 0.25) is 0 Å². The van der Waals surface area contributed by atoms with Crippen molar-refractivity contribution in [3.05, 3.63) is 22.8 Å². The summed E-state index contributed by atoms with van der Waals surface area (Å²) in [6, 6.07) is 3.54. The van der Waals surface area contributed by atoms with E-state index < -0.39 is 11.9 Å². The summed E-state index contributed by atoms with van der Waals surface area (Å²) in [6.07, 6.45) is 2.97. The third kappa shape index (κ3) is 2.39. The van der Waals surface area contributed by atoms with Gasteiger partial charge in [-0.25, -0.2) is 4.98 Å². The van der Waals surface area contributed by atoms with Gasteiger partial charge < -0.3 is 10.0 Å². The van der Waals surface area contributed by atoms with Gasteiger partial charge in [-0.15, -0.1) is 0 Å². The predicted octanol–water partition coefficient (Wildman–Crippen LogP) is 1.91. The van der Waals surface area contributed by atoms with E-state index >= 15 is 0 Å². The average molecular weight is 266 g/mol. The fraction of sp³-hybridized carbons (Fsp3) is 0.417. The molecule has 1 N–H and O–H groups in total. The minimum Gasteiger partial charge on any atom is -0.481 e. The van der Waals surface area contributed by atoms with Crippen LogP contribution in [0.25, 0.3) is 0 Å². The zero-order valence-corrected chi connectivity index (χ0v) is 10.4. The van der Waals surface area contributed by atoms with Gasteiger partial charge in [-0.2, -0.15) is 5.26 Å². The van der Waals surface area contributed by atoms with Crippen molar-refractivity contribution in [3.63, 3.8) is 0 Å². The molecule has 6 heteroatoms. The third-order valence-electron chi connectivity index (χ3n) is 3.06. The molecule has 0 amide bonds. The van der Waals surface area contributed by atoms with Crippen LogP contribution in [0, 0.1) is 17.2 Å². The quantitative estimate of drug-likeness (QED) is 0.884. The maximum absolute atomic E-state index is 11.0. The molecule has 1 aliphatic rings. The van der Waals surface area contributed by atoms with Gasteiger partial charge in [0, 0.05) is 19.3 Å². The Bertz CT molecular complexity index is 513. The molecule has 18 heavy (non-hydrogen) atoms. The topological polar surface area (TPSA) is 77.2 Å². The molecule has 0 aliphatic carbocycles. The van der Waals surface area contributed by atoms with Crippen molar-refractivity contribution in [3.8, 4) is 6.07 Å². The lowest BCUT2D eigenvalue weighted by atomic mass is 9.98. The summed E-state index contributed by atoms with van der Waals surface area (Å²) >= 11 is 6.10. The molecule has 2 heterocycles. The molecule has 2 rings (SSSR count). The first-order chi connectivity index (χ1) is 8.63. The number of aromatic nitrogens is 1. The normalized spacial score (nSPS) is 19.3. The first-order valence-corrected chi connectivity index (χ1v) is 6.03. The summed E-state index contributed by atoms with van der Waals surface area (Å²) in [7, 11) is 0. The maximum Gasteiger partial charge on any atom is 0.308 e. The van der Waals surface area contributed by atoms with Crippen molar-refractivity contribution in [2.45, 2.75) is 12.8 Å². The highest BCUT2D eigenvalue weighted by atomic mass is 35.5. The van der Waals surface area contributed by atoms with Crippen LogP contribution >= 0.6 is 11.6 Å². The van der Waals surface area contributed by atoms with E-state index in [4.69, 9.17) is 22.0 Å². The highest BCUT2D eigenvalue weighted by molar-refractivity contribution is 6.34. The van der Waals surface area contributed by atoms with E-state index in [0.717, 1.165) is 6.42 Å². The smallest absolute Gasteiger partial charge is 0.308 e. The maximum atomic E-state index is 11.0. The molecule has 0 bridgehead atoms. The van der Waals surface area contributed by atoms with E-state index in [2.05, 4.69) is 4.98 Å². The number of nitriles is 1. The number of rotatable bonds is 2. The number of anilines is 1. The number of aliphatic carboxylic acids is 1. The monoisotopic (exact) mass is 265 g/mol. The van der Waals surface area contributed by atoms with E-state index in [1.807, 2.05) is 11.0 Å². The Morgan fingerprint density at radius 2 is 2.44 bits per heavy atom. The van der Waals surface area contributed by atoms with E-state index in [1.165, 1.54) is 6.20 Å². The van der Waals surface area contributed by atoms with Gasteiger partial charge in [-0.05, 0) is 18.9 Å². The molecule has 1 aromatic heterocycles. The van der Waals surface area contributed by atoms with Crippen molar-refractivity contribution in [1.29, 1.82) is 5.26 Å². The van der Waals surface area contributed by atoms with Gasteiger partial charge in [-0.1, -0.05) is 11.6 Å². The van der Waals surface area contributed by atoms with Gasteiger partial charge in [0.1, 0.15) is 16.9 Å². The molecule has 1 fully saturated rings. The Labute approximate surface area is 110 Å². The van der Waals surface area contributed by atoms with Crippen LogP contribution in [0.15, 0.2) is 12.3 Å². The Kier molecular flexibility index (Phi) is 3.68. The van der Waals surface area contributed by atoms with Crippen LogP contribution < -0.4 is 4.90 Å². The molecule has 5 nitrogen and oxygen atoms in total. The Hall–Kier alpha value is -1.80. The molecular formula is C12H12ClN3O2. The van der Waals surface area contributed by atoms with Crippen LogP contribution in [0.2, 0.25) is 5.02 Å². The van der Waals surface area contributed by atoms with Gasteiger partial charge in [-0.3, -0.25) is 4.79 Å². The number of pyridine rings is 1. The van der Waals surface area contributed by atoms with Crippen LogP contribution in [0.3, 0.4) is 0 Å². The third-order valence-corrected chi connectivity index (χ3v) is 3.43. The SMILES string of the molecule is N#Cc1ccnc(N2CCCC(C(=O)O)C2)c1Cl. The van der Waals surface area contributed by atoms with Crippen molar-refractivity contribution in [1.82, 2.24) is 4.98 Å². The Balaban J connectivity index is 2.27. The minimum absolute atomic E-state index is 0.297. The Morgan fingerprint density at radius 1 is 1.67 bits per heavy atom.